The van der Waals surface area contributed by atoms with E-state index in [9.17, 15) is 9.59 Å². The Balaban J connectivity index is 1.61. The van der Waals surface area contributed by atoms with Gasteiger partial charge in [-0.15, -0.1) is 0 Å². The van der Waals surface area contributed by atoms with Crippen LogP contribution in [-0.4, -0.2) is 38.7 Å². The standard InChI is InChI=1S/C20H22N6O2/c1-14(16-6-8-18(9-7-16)26-13-22-12-24-26)25(2)20(28)23-11-15-4-3-5-17(10-15)19(21)27/h3-10,12-14H,11H2,1-2H3,(H2,21,27)(H,23,28). The van der Waals surface area contributed by atoms with Crippen molar-refractivity contribution >= 4 is 11.9 Å². The molecule has 8 nitrogen and oxygen atoms in total. The molecule has 3 aromatic rings. The molecular formula is C20H22N6O2. The van der Waals surface area contributed by atoms with Gasteiger partial charge in [0.25, 0.3) is 0 Å². The maximum atomic E-state index is 12.5. The summed E-state index contributed by atoms with van der Waals surface area (Å²) in [5.41, 5.74) is 8.41. The van der Waals surface area contributed by atoms with Crippen molar-refractivity contribution in [2.75, 3.05) is 7.05 Å². The van der Waals surface area contributed by atoms with Crippen LogP contribution in [-0.2, 0) is 6.54 Å². The molecule has 0 aliphatic rings. The average molecular weight is 378 g/mol. The molecule has 1 heterocycles. The predicted octanol–water partition coefficient (Wildman–Crippen LogP) is 2.27. The lowest BCUT2D eigenvalue weighted by atomic mass is 10.1. The minimum Gasteiger partial charge on any atom is -0.366 e. The van der Waals surface area contributed by atoms with Gasteiger partial charge < -0.3 is 16.0 Å². The fourth-order valence-electron chi connectivity index (χ4n) is 2.78. The zero-order valence-electron chi connectivity index (χ0n) is 15.7. The summed E-state index contributed by atoms with van der Waals surface area (Å²) in [5, 5.41) is 6.96. The van der Waals surface area contributed by atoms with Gasteiger partial charge in [0.05, 0.1) is 11.7 Å². The zero-order valence-corrected chi connectivity index (χ0v) is 15.7. The van der Waals surface area contributed by atoms with E-state index in [1.165, 1.54) is 6.33 Å². The van der Waals surface area contributed by atoms with Crippen LogP contribution in [0.3, 0.4) is 0 Å². The Hall–Kier alpha value is -3.68. The molecule has 1 aromatic heterocycles. The third kappa shape index (κ3) is 4.35. The monoisotopic (exact) mass is 378 g/mol. The van der Waals surface area contributed by atoms with Gasteiger partial charge in [0.15, 0.2) is 0 Å². The maximum Gasteiger partial charge on any atom is 0.317 e. The average Bonchev–Trinajstić information content (AvgIpc) is 3.26. The second kappa shape index (κ2) is 8.34. The molecule has 8 heteroatoms. The molecule has 0 saturated carbocycles. The van der Waals surface area contributed by atoms with Crippen LogP contribution in [0.4, 0.5) is 4.79 Å². The molecule has 3 amide bonds. The fourth-order valence-corrected chi connectivity index (χ4v) is 2.78. The first kappa shape index (κ1) is 19.1. The van der Waals surface area contributed by atoms with E-state index in [2.05, 4.69) is 15.4 Å². The third-order valence-corrected chi connectivity index (χ3v) is 4.62. The van der Waals surface area contributed by atoms with Crippen LogP contribution in [0.25, 0.3) is 5.69 Å². The molecule has 0 spiro atoms. The summed E-state index contributed by atoms with van der Waals surface area (Å²) < 4.78 is 1.67. The van der Waals surface area contributed by atoms with E-state index < -0.39 is 5.91 Å². The van der Waals surface area contributed by atoms with Crippen molar-refractivity contribution in [2.45, 2.75) is 19.5 Å². The number of carbonyl (C=O) groups is 2. The smallest absolute Gasteiger partial charge is 0.317 e. The molecule has 3 N–H and O–H groups in total. The highest BCUT2D eigenvalue weighted by Crippen LogP contribution is 2.20. The number of benzene rings is 2. The maximum absolute atomic E-state index is 12.5. The molecule has 0 aliphatic carbocycles. The van der Waals surface area contributed by atoms with Crippen LogP contribution < -0.4 is 11.1 Å². The number of hydrogen-bond acceptors (Lipinski definition) is 4. The minimum atomic E-state index is -0.492. The summed E-state index contributed by atoms with van der Waals surface area (Å²) in [4.78, 5) is 29.3. The molecule has 3 rings (SSSR count). The number of aromatic nitrogens is 3. The van der Waals surface area contributed by atoms with Gasteiger partial charge in [0, 0.05) is 19.2 Å². The number of amides is 3. The van der Waals surface area contributed by atoms with Gasteiger partial charge >= 0.3 is 6.03 Å². The summed E-state index contributed by atoms with van der Waals surface area (Å²) in [6, 6.07) is 14.3. The van der Waals surface area contributed by atoms with Crippen LogP contribution >= 0.6 is 0 Å². The van der Waals surface area contributed by atoms with E-state index in [1.54, 1.807) is 41.2 Å². The number of urea groups is 1. The fraction of sp³-hybridized carbons (Fsp3) is 0.200. The van der Waals surface area contributed by atoms with Crippen LogP contribution in [0.15, 0.2) is 61.2 Å². The normalized spacial score (nSPS) is 11.6. The van der Waals surface area contributed by atoms with E-state index >= 15 is 0 Å². The lowest BCUT2D eigenvalue weighted by Gasteiger charge is -2.26. The Morgan fingerprint density at radius 3 is 2.61 bits per heavy atom. The third-order valence-electron chi connectivity index (χ3n) is 4.62. The van der Waals surface area contributed by atoms with Crippen LogP contribution in [0, 0.1) is 0 Å². The summed E-state index contributed by atoms with van der Waals surface area (Å²) in [6.45, 7) is 2.26. The summed E-state index contributed by atoms with van der Waals surface area (Å²) in [5.74, 6) is -0.492. The van der Waals surface area contributed by atoms with Gasteiger partial charge in [0.2, 0.25) is 5.91 Å². The van der Waals surface area contributed by atoms with Crippen molar-refractivity contribution in [1.82, 2.24) is 25.0 Å². The predicted molar refractivity (Wildman–Crippen MR) is 105 cm³/mol. The molecule has 0 saturated heterocycles. The number of nitrogens with zero attached hydrogens (tertiary/aromatic N) is 4. The Morgan fingerprint density at radius 2 is 1.96 bits per heavy atom. The molecule has 0 bridgehead atoms. The topological polar surface area (TPSA) is 106 Å². The van der Waals surface area contributed by atoms with E-state index in [4.69, 9.17) is 5.73 Å². The van der Waals surface area contributed by atoms with Crippen LogP contribution in [0.5, 0.6) is 0 Å². The Morgan fingerprint density at radius 1 is 1.21 bits per heavy atom. The second-order valence-corrected chi connectivity index (χ2v) is 6.44. The van der Waals surface area contributed by atoms with E-state index in [1.807, 2.05) is 37.3 Å². The zero-order chi connectivity index (χ0) is 20.1. The highest BCUT2D eigenvalue weighted by atomic mass is 16.2. The largest absolute Gasteiger partial charge is 0.366 e. The van der Waals surface area contributed by atoms with Crippen molar-refractivity contribution in [3.8, 4) is 5.69 Å². The van der Waals surface area contributed by atoms with Crippen molar-refractivity contribution in [2.24, 2.45) is 5.73 Å². The summed E-state index contributed by atoms with van der Waals surface area (Å²) >= 11 is 0. The molecule has 0 radical (unpaired) electrons. The number of nitrogens with one attached hydrogen (secondary N) is 1. The van der Waals surface area contributed by atoms with Crippen LogP contribution in [0.1, 0.15) is 34.5 Å². The highest BCUT2D eigenvalue weighted by molar-refractivity contribution is 5.92. The number of rotatable bonds is 6. The van der Waals surface area contributed by atoms with Crippen molar-refractivity contribution in [1.29, 1.82) is 0 Å². The second-order valence-electron chi connectivity index (χ2n) is 6.44. The lowest BCUT2D eigenvalue weighted by molar-refractivity contribution is 0.1000. The summed E-state index contributed by atoms with van der Waals surface area (Å²) in [7, 11) is 1.74. The van der Waals surface area contributed by atoms with Gasteiger partial charge in [-0.2, -0.15) is 5.10 Å². The molecule has 0 aliphatic heterocycles. The molecule has 2 aromatic carbocycles. The van der Waals surface area contributed by atoms with Crippen LogP contribution in [0.2, 0.25) is 0 Å². The molecule has 1 unspecified atom stereocenters. The molecule has 1 atom stereocenters. The number of nitrogens with two attached hydrogens (primary N) is 1. The Bertz CT molecular complexity index is 953. The first-order chi connectivity index (χ1) is 13.5. The lowest BCUT2D eigenvalue weighted by Crippen LogP contribution is -2.38. The van der Waals surface area contributed by atoms with E-state index in [0.29, 0.717) is 12.1 Å². The first-order valence-corrected chi connectivity index (χ1v) is 8.80. The van der Waals surface area contributed by atoms with Gasteiger partial charge in [-0.3, -0.25) is 4.79 Å². The van der Waals surface area contributed by atoms with Gasteiger partial charge in [-0.1, -0.05) is 24.3 Å². The first-order valence-electron chi connectivity index (χ1n) is 8.80. The van der Waals surface area contributed by atoms with Crippen molar-refractivity contribution < 1.29 is 9.59 Å². The quantitative estimate of drug-likeness (QED) is 0.686. The number of hydrogen-bond donors (Lipinski definition) is 2. The van der Waals surface area contributed by atoms with Gasteiger partial charge in [0.1, 0.15) is 12.7 Å². The summed E-state index contributed by atoms with van der Waals surface area (Å²) in [6.07, 6.45) is 3.11. The Labute approximate surface area is 163 Å². The number of carbonyl (C=O) groups excluding carboxylic acids is 2. The number of primary amides is 1. The molecule has 0 fully saturated rings. The molecule has 144 valence electrons. The van der Waals surface area contributed by atoms with Crippen molar-refractivity contribution in [3.63, 3.8) is 0 Å². The van der Waals surface area contributed by atoms with E-state index in [-0.39, 0.29) is 12.1 Å². The molecule has 28 heavy (non-hydrogen) atoms. The Kier molecular flexibility index (Phi) is 5.69. The SMILES string of the molecule is CC(c1ccc(-n2cncn2)cc1)N(C)C(=O)NCc1cccc(C(N)=O)c1. The van der Waals surface area contributed by atoms with Gasteiger partial charge in [-0.25, -0.2) is 14.5 Å². The minimum absolute atomic E-state index is 0.123. The van der Waals surface area contributed by atoms with E-state index in [0.717, 1.165) is 16.8 Å². The molecular weight excluding hydrogens is 356 g/mol. The van der Waals surface area contributed by atoms with Gasteiger partial charge in [-0.05, 0) is 42.3 Å². The highest BCUT2D eigenvalue weighted by Gasteiger charge is 2.17. The van der Waals surface area contributed by atoms with Crippen molar-refractivity contribution in [3.05, 3.63) is 77.9 Å².